The number of aryl methyl sites for hydroxylation is 1. The highest BCUT2D eigenvalue weighted by atomic mass is 16.5. The van der Waals surface area contributed by atoms with Crippen molar-refractivity contribution in [1.82, 2.24) is 0 Å². The summed E-state index contributed by atoms with van der Waals surface area (Å²) in [5.41, 5.74) is 2.28. The average molecular weight is 266 g/mol. The highest BCUT2D eigenvalue weighted by Crippen LogP contribution is 2.42. The van der Waals surface area contributed by atoms with Crippen LogP contribution in [0.3, 0.4) is 0 Å². The zero-order chi connectivity index (χ0) is 13.9. The first-order valence-electron chi connectivity index (χ1n) is 6.93. The van der Waals surface area contributed by atoms with Gasteiger partial charge in [-0.3, -0.25) is 0 Å². The SMILES string of the molecule is C=C1Oc2ccccc2[C@H]1[C@H](O)CCc1ccccc1. The van der Waals surface area contributed by atoms with Crippen LogP contribution in [0.25, 0.3) is 0 Å². The Kier molecular flexibility index (Phi) is 3.57. The van der Waals surface area contributed by atoms with Crippen LogP contribution in [0, 0.1) is 0 Å². The van der Waals surface area contributed by atoms with Crippen LogP contribution in [-0.4, -0.2) is 11.2 Å². The van der Waals surface area contributed by atoms with Gasteiger partial charge in [-0.15, -0.1) is 0 Å². The minimum absolute atomic E-state index is 0.116. The lowest BCUT2D eigenvalue weighted by atomic mass is 9.90. The maximum atomic E-state index is 10.5. The number of aliphatic hydroxyl groups is 1. The van der Waals surface area contributed by atoms with E-state index < -0.39 is 6.10 Å². The number of hydrogen-bond acceptors (Lipinski definition) is 2. The zero-order valence-corrected chi connectivity index (χ0v) is 11.3. The lowest BCUT2D eigenvalue weighted by molar-refractivity contribution is 0.139. The van der Waals surface area contributed by atoms with Crippen LogP contribution in [0.4, 0.5) is 0 Å². The van der Waals surface area contributed by atoms with Gasteiger partial charge >= 0.3 is 0 Å². The molecule has 20 heavy (non-hydrogen) atoms. The van der Waals surface area contributed by atoms with Crippen molar-refractivity contribution in [3.8, 4) is 5.75 Å². The van der Waals surface area contributed by atoms with Crippen molar-refractivity contribution in [1.29, 1.82) is 0 Å². The zero-order valence-electron chi connectivity index (χ0n) is 11.3. The molecule has 0 bridgehead atoms. The van der Waals surface area contributed by atoms with Crippen LogP contribution in [0.5, 0.6) is 5.75 Å². The molecule has 102 valence electrons. The number of fused-ring (bicyclic) bond motifs is 1. The van der Waals surface area contributed by atoms with Gasteiger partial charge in [0.05, 0.1) is 12.0 Å². The second-order valence-corrected chi connectivity index (χ2v) is 5.18. The van der Waals surface area contributed by atoms with Crippen molar-refractivity contribution in [3.05, 3.63) is 78.1 Å². The van der Waals surface area contributed by atoms with Crippen molar-refractivity contribution in [2.24, 2.45) is 0 Å². The Morgan fingerprint density at radius 2 is 1.75 bits per heavy atom. The van der Waals surface area contributed by atoms with E-state index in [1.54, 1.807) is 0 Å². The number of ether oxygens (including phenoxy) is 1. The Morgan fingerprint density at radius 3 is 2.55 bits per heavy atom. The summed E-state index contributed by atoms with van der Waals surface area (Å²) in [5.74, 6) is 1.35. The maximum absolute atomic E-state index is 10.5. The number of rotatable bonds is 4. The van der Waals surface area contributed by atoms with Crippen molar-refractivity contribution >= 4 is 0 Å². The molecule has 2 aromatic rings. The molecule has 0 aliphatic carbocycles. The number of aliphatic hydroxyl groups excluding tert-OH is 1. The molecule has 0 saturated heterocycles. The van der Waals surface area contributed by atoms with E-state index in [9.17, 15) is 5.11 Å². The fourth-order valence-electron chi connectivity index (χ4n) is 2.76. The molecule has 0 amide bonds. The first-order valence-corrected chi connectivity index (χ1v) is 6.93. The van der Waals surface area contributed by atoms with Gasteiger partial charge in [-0.25, -0.2) is 0 Å². The van der Waals surface area contributed by atoms with Gasteiger partial charge in [-0.2, -0.15) is 0 Å². The summed E-state index contributed by atoms with van der Waals surface area (Å²) in [5, 5.41) is 10.5. The number of para-hydroxylation sites is 1. The molecular weight excluding hydrogens is 248 g/mol. The van der Waals surface area contributed by atoms with Crippen LogP contribution in [0.1, 0.15) is 23.5 Å². The molecule has 1 heterocycles. The van der Waals surface area contributed by atoms with Gasteiger partial charge in [0, 0.05) is 5.56 Å². The predicted molar refractivity (Wildman–Crippen MR) is 79.7 cm³/mol. The topological polar surface area (TPSA) is 29.5 Å². The summed E-state index contributed by atoms with van der Waals surface area (Å²) < 4.78 is 5.64. The van der Waals surface area contributed by atoms with E-state index in [-0.39, 0.29) is 5.92 Å². The van der Waals surface area contributed by atoms with Crippen molar-refractivity contribution in [3.63, 3.8) is 0 Å². The van der Waals surface area contributed by atoms with Gasteiger partial charge in [0.15, 0.2) is 0 Å². The third-order valence-corrected chi connectivity index (χ3v) is 3.80. The van der Waals surface area contributed by atoms with Crippen LogP contribution >= 0.6 is 0 Å². The normalized spacial score (nSPS) is 18.4. The highest BCUT2D eigenvalue weighted by molar-refractivity contribution is 5.46. The first-order chi connectivity index (χ1) is 9.75. The van der Waals surface area contributed by atoms with Crippen LogP contribution in [-0.2, 0) is 6.42 Å². The van der Waals surface area contributed by atoms with E-state index in [1.165, 1.54) is 5.56 Å². The van der Waals surface area contributed by atoms with Gasteiger partial charge in [0.2, 0.25) is 0 Å². The second-order valence-electron chi connectivity index (χ2n) is 5.18. The second kappa shape index (κ2) is 5.51. The lowest BCUT2D eigenvalue weighted by Gasteiger charge is -2.18. The van der Waals surface area contributed by atoms with Gasteiger partial charge in [0.25, 0.3) is 0 Å². The van der Waals surface area contributed by atoms with Crippen molar-refractivity contribution in [2.45, 2.75) is 24.9 Å². The molecule has 0 saturated carbocycles. The van der Waals surface area contributed by atoms with Gasteiger partial charge in [0.1, 0.15) is 11.5 Å². The quantitative estimate of drug-likeness (QED) is 0.915. The fraction of sp³-hybridized carbons (Fsp3) is 0.222. The summed E-state index contributed by atoms with van der Waals surface area (Å²) in [7, 11) is 0. The molecule has 0 unspecified atom stereocenters. The van der Waals surface area contributed by atoms with Crippen molar-refractivity contribution < 1.29 is 9.84 Å². The Morgan fingerprint density at radius 1 is 1.05 bits per heavy atom. The molecule has 0 radical (unpaired) electrons. The maximum Gasteiger partial charge on any atom is 0.130 e. The van der Waals surface area contributed by atoms with E-state index in [1.807, 2.05) is 42.5 Å². The monoisotopic (exact) mass is 266 g/mol. The molecule has 3 rings (SSSR count). The summed E-state index contributed by atoms with van der Waals surface area (Å²) in [6.07, 6.45) is 1.09. The van der Waals surface area contributed by atoms with E-state index in [2.05, 4.69) is 18.7 Å². The molecule has 2 atom stereocenters. The van der Waals surface area contributed by atoms with E-state index in [4.69, 9.17) is 4.74 Å². The molecule has 0 spiro atoms. The molecule has 1 aliphatic heterocycles. The highest BCUT2D eigenvalue weighted by Gasteiger charge is 2.33. The smallest absolute Gasteiger partial charge is 0.130 e. The minimum Gasteiger partial charge on any atom is -0.461 e. The Hall–Kier alpha value is -2.06. The summed E-state index contributed by atoms with van der Waals surface area (Å²) in [6, 6.07) is 18.0. The Labute approximate surface area is 119 Å². The van der Waals surface area contributed by atoms with E-state index in [0.29, 0.717) is 12.2 Å². The van der Waals surface area contributed by atoms with Gasteiger partial charge < -0.3 is 9.84 Å². The largest absolute Gasteiger partial charge is 0.461 e. The fourth-order valence-corrected chi connectivity index (χ4v) is 2.76. The summed E-state index contributed by atoms with van der Waals surface area (Å²) >= 11 is 0. The third kappa shape index (κ3) is 2.47. The Balaban J connectivity index is 1.71. The molecule has 0 aromatic heterocycles. The number of hydrogen-bond donors (Lipinski definition) is 1. The van der Waals surface area contributed by atoms with Gasteiger partial charge in [-0.1, -0.05) is 55.1 Å². The van der Waals surface area contributed by atoms with E-state index >= 15 is 0 Å². The molecule has 1 aliphatic rings. The average Bonchev–Trinajstić information content (AvgIpc) is 2.82. The molecule has 0 fully saturated rings. The lowest BCUT2D eigenvalue weighted by Crippen LogP contribution is -2.19. The van der Waals surface area contributed by atoms with Crippen LogP contribution in [0.2, 0.25) is 0 Å². The summed E-state index contributed by atoms with van der Waals surface area (Å²) in [6.45, 7) is 3.94. The molecular formula is C18H18O2. The molecule has 2 aromatic carbocycles. The van der Waals surface area contributed by atoms with Crippen LogP contribution < -0.4 is 4.74 Å². The first kappa shape index (κ1) is 12.9. The summed E-state index contributed by atoms with van der Waals surface area (Å²) in [4.78, 5) is 0. The van der Waals surface area contributed by atoms with Crippen molar-refractivity contribution in [2.75, 3.05) is 0 Å². The van der Waals surface area contributed by atoms with E-state index in [0.717, 1.165) is 17.7 Å². The predicted octanol–water partition coefficient (Wildman–Crippen LogP) is 3.67. The third-order valence-electron chi connectivity index (χ3n) is 3.80. The van der Waals surface area contributed by atoms with Gasteiger partial charge in [-0.05, 0) is 24.5 Å². The van der Waals surface area contributed by atoms with Crippen LogP contribution in [0.15, 0.2) is 66.9 Å². The molecule has 1 N–H and O–H groups in total. The standard InChI is InChI=1S/C18H18O2/c1-13-18(15-9-5-6-10-17(15)20-13)16(19)12-11-14-7-3-2-4-8-14/h2-10,16,18-19H,1,11-12H2/t16-,18+/m1/s1. The Bertz CT molecular complexity index is 604. The minimum atomic E-state index is -0.466. The number of benzene rings is 2. The molecule has 2 heteroatoms. The molecule has 2 nitrogen and oxygen atoms in total.